The van der Waals surface area contributed by atoms with Crippen LogP contribution in [0.4, 0.5) is 5.69 Å². The van der Waals surface area contributed by atoms with E-state index in [9.17, 15) is 9.59 Å². The van der Waals surface area contributed by atoms with Crippen LogP contribution in [0.25, 0.3) is 0 Å². The summed E-state index contributed by atoms with van der Waals surface area (Å²) in [6, 6.07) is 18.8. The van der Waals surface area contributed by atoms with Gasteiger partial charge in [-0.2, -0.15) is 0 Å². The molecule has 3 heterocycles. The van der Waals surface area contributed by atoms with Crippen molar-refractivity contribution in [2.24, 2.45) is 23.7 Å². The summed E-state index contributed by atoms with van der Waals surface area (Å²) in [5, 5.41) is 6.43. The van der Waals surface area contributed by atoms with Crippen molar-refractivity contribution in [3.8, 4) is 0 Å². The molecule has 4 fully saturated rings. The molecule has 3 saturated heterocycles. The van der Waals surface area contributed by atoms with E-state index in [4.69, 9.17) is 0 Å². The number of amides is 2. The van der Waals surface area contributed by atoms with Crippen molar-refractivity contribution in [3.05, 3.63) is 65.7 Å². The molecule has 6 rings (SSSR count). The second-order valence-electron chi connectivity index (χ2n) is 11.3. The van der Waals surface area contributed by atoms with Crippen molar-refractivity contribution in [3.63, 3.8) is 0 Å². The number of hydrogen-bond donors (Lipinski definition) is 2. The number of likely N-dealkylation sites (tertiary alicyclic amines) is 1. The van der Waals surface area contributed by atoms with Crippen molar-refractivity contribution < 1.29 is 9.59 Å². The van der Waals surface area contributed by atoms with Crippen LogP contribution in [0.3, 0.4) is 0 Å². The van der Waals surface area contributed by atoms with Gasteiger partial charge >= 0.3 is 0 Å². The molecule has 6 heteroatoms. The van der Waals surface area contributed by atoms with Gasteiger partial charge in [0.15, 0.2) is 0 Å². The second-order valence-corrected chi connectivity index (χ2v) is 11.3. The number of hydrogen-bond acceptors (Lipinski definition) is 4. The van der Waals surface area contributed by atoms with Gasteiger partial charge in [0.05, 0.1) is 5.92 Å². The fraction of sp³-hybridized carbons (Fsp3) is 0.517. The lowest BCUT2D eigenvalue weighted by Gasteiger charge is -2.55. The Morgan fingerprint density at radius 2 is 1.83 bits per heavy atom. The predicted molar refractivity (Wildman–Crippen MR) is 139 cm³/mol. The van der Waals surface area contributed by atoms with Crippen LogP contribution in [0.2, 0.25) is 0 Å². The molecule has 5 atom stereocenters. The number of benzene rings is 2. The number of carbonyl (C=O) groups is 2. The molecule has 4 bridgehead atoms. The highest BCUT2D eigenvalue weighted by Gasteiger charge is 2.67. The smallest absolute Gasteiger partial charge is 0.246 e. The lowest BCUT2D eigenvalue weighted by atomic mass is 9.57. The lowest BCUT2D eigenvalue weighted by Crippen LogP contribution is -2.75. The zero-order chi connectivity index (χ0) is 24.7. The number of nitrogens with zero attached hydrogens (tertiary/aromatic N) is 2. The Morgan fingerprint density at radius 1 is 1.11 bits per heavy atom. The maximum absolute atomic E-state index is 13.8. The minimum Gasteiger partial charge on any atom is -0.378 e. The Kier molecular flexibility index (Phi) is 6.34. The van der Waals surface area contributed by atoms with Gasteiger partial charge in [0.25, 0.3) is 0 Å². The van der Waals surface area contributed by atoms with Crippen LogP contribution in [0, 0.1) is 23.7 Å². The van der Waals surface area contributed by atoms with Crippen LogP contribution < -0.4 is 15.5 Å². The van der Waals surface area contributed by atoms with Crippen molar-refractivity contribution in [1.82, 2.24) is 15.5 Å². The van der Waals surface area contributed by atoms with Crippen LogP contribution >= 0.6 is 0 Å². The van der Waals surface area contributed by atoms with Gasteiger partial charge in [-0.05, 0) is 47.9 Å². The number of nitrogens with one attached hydrogen (secondary N) is 2. The molecular formula is C29H38N4O2. The highest BCUT2D eigenvalue weighted by molar-refractivity contribution is 5.96. The maximum atomic E-state index is 13.8. The van der Waals surface area contributed by atoms with E-state index in [0.29, 0.717) is 12.5 Å². The molecule has 1 saturated carbocycles. The lowest BCUT2D eigenvalue weighted by molar-refractivity contribution is -0.155. The Balaban J connectivity index is 1.41. The minimum atomic E-state index is -0.830. The van der Waals surface area contributed by atoms with Gasteiger partial charge in [0.2, 0.25) is 11.8 Å². The van der Waals surface area contributed by atoms with Gasteiger partial charge in [-0.15, -0.1) is 0 Å². The van der Waals surface area contributed by atoms with Crippen LogP contribution in [0.5, 0.6) is 0 Å². The first-order valence-electron chi connectivity index (χ1n) is 12.9. The van der Waals surface area contributed by atoms with Crippen molar-refractivity contribution in [2.75, 3.05) is 25.5 Å². The van der Waals surface area contributed by atoms with Crippen LogP contribution in [-0.2, 0) is 22.7 Å². The predicted octanol–water partition coefficient (Wildman–Crippen LogP) is 3.42. The first kappa shape index (κ1) is 23.9. The topological polar surface area (TPSA) is 64.7 Å². The summed E-state index contributed by atoms with van der Waals surface area (Å²) < 4.78 is 0. The molecule has 0 aromatic heterocycles. The maximum Gasteiger partial charge on any atom is 0.246 e. The summed E-state index contributed by atoms with van der Waals surface area (Å²) in [4.78, 5) is 31.8. The van der Waals surface area contributed by atoms with E-state index in [0.717, 1.165) is 31.5 Å². The summed E-state index contributed by atoms with van der Waals surface area (Å²) >= 11 is 0. The zero-order valence-corrected chi connectivity index (χ0v) is 21.3. The summed E-state index contributed by atoms with van der Waals surface area (Å²) in [7, 11) is 4.10. The monoisotopic (exact) mass is 474 g/mol. The molecule has 2 aromatic rings. The van der Waals surface area contributed by atoms with Crippen molar-refractivity contribution in [2.45, 2.75) is 51.4 Å². The van der Waals surface area contributed by atoms with Crippen molar-refractivity contribution in [1.29, 1.82) is 0 Å². The third kappa shape index (κ3) is 4.33. The Hall–Kier alpha value is -2.86. The SMILES string of the molecule is CC(C)C[C@H]1[C@@H]2[C@@H]3C(=O)N[C@@]1(C(=O)NCc1ccccc1)C[C@@H]3CN2Cc1ccc(N(C)C)cc1. The number of fused-ring (bicyclic) bond motifs is 1. The fourth-order valence-electron chi connectivity index (χ4n) is 6.82. The molecule has 0 radical (unpaired) electrons. The van der Waals surface area contributed by atoms with Gasteiger partial charge in [-0.3, -0.25) is 14.5 Å². The van der Waals surface area contributed by atoms with Gasteiger partial charge in [-0.1, -0.05) is 56.3 Å². The van der Waals surface area contributed by atoms with E-state index >= 15 is 0 Å². The molecule has 3 aliphatic heterocycles. The molecule has 4 aliphatic rings. The van der Waals surface area contributed by atoms with E-state index in [2.05, 4.69) is 58.5 Å². The van der Waals surface area contributed by atoms with Crippen LogP contribution in [0.15, 0.2) is 54.6 Å². The zero-order valence-electron chi connectivity index (χ0n) is 21.3. The number of rotatable bonds is 8. The molecule has 6 nitrogen and oxygen atoms in total. The standard InChI is InChI=1S/C29H38N4O2/c1-19(2)14-24-26-25-22(18-33(26)17-21-10-12-23(13-11-21)32(3)4)15-29(24,31-27(25)34)28(35)30-16-20-8-6-5-7-9-20/h5-13,19,22,24-26H,14-18H2,1-4H3,(H,30,35)(H,31,34)/t22-,24+,25-,26-,29+/m1/s1. The van der Waals surface area contributed by atoms with Gasteiger partial charge in [-0.25, -0.2) is 0 Å². The average Bonchev–Trinajstić information content (AvgIpc) is 3.14. The molecule has 0 spiro atoms. The van der Waals surface area contributed by atoms with Gasteiger partial charge in [0, 0.05) is 51.4 Å². The van der Waals surface area contributed by atoms with E-state index in [1.165, 1.54) is 11.3 Å². The number of carbonyl (C=O) groups excluding carboxylic acids is 2. The molecule has 2 N–H and O–H groups in total. The molecular weight excluding hydrogens is 436 g/mol. The number of piperidine rings is 2. The molecule has 0 unspecified atom stereocenters. The fourth-order valence-corrected chi connectivity index (χ4v) is 6.82. The first-order valence-corrected chi connectivity index (χ1v) is 12.9. The summed E-state index contributed by atoms with van der Waals surface area (Å²) in [6.07, 6.45) is 1.65. The van der Waals surface area contributed by atoms with Gasteiger partial charge in [0.1, 0.15) is 5.54 Å². The van der Waals surface area contributed by atoms with Crippen molar-refractivity contribution >= 4 is 17.5 Å². The average molecular weight is 475 g/mol. The Morgan fingerprint density at radius 3 is 2.49 bits per heavy atom. The summed E-state index contributed by atoms with van der Waals surface area (Å²) in [6.45, 7) is 6.61. The largest absolute Gasteiger partial charge is 0.378 e. The highest BCUT2D eigenvalue weighted by atomic mass is 16.2. The summed E-state index contributed by atoms with van der Waals surface area (Å²) in [5.74, 6) is 0.776. The molecule has 2 amide bonds. The third-order valence-corrected chi connectivity index (χ3v) is 8.31. The van der Waals surface area contributed by atoms with E-state index in [1.54, 1.807) is 0 Å². The molecule has 186 valence electrons. The van der Waals surface area contributed by atoms with E-state index in [1.807, 2.05) is 44.4 Å². The van der Waals surface area contributed by atoms with Gasteiger partial charge < -0.3 is 15.5 Å². The van der Waals surface area contributed by atoms with Crippen LogP contribution in [-0.4, -0.2) is 48.9 Å². The normalized spacial score (nSPS) is 29.3. The third-order valence-electron chi connectivity index (χ3n) is 8.31. The molecule has 1 aliphatic carbocycles. The first-order chi connectivity index (χ1) is 16.8. The van der Waals surface area contributed by atoms with E-state index in [-0.39, 0.29) is 35.6 Å². The quantitative estimate of drug-likeness (QED) is 0.615. The summed E-state index contributed by atoms with van der Waals surface area (Å²) in [5.41, 5.74) is 2.67. The molecule has 2 aromatic carbocycles. The number of anilines is 1. The minimum absolute atomic E-state index is 0.0225. The second kappa shape index (κ2) is 9.30. The Bertz CT molecular complexity index is 1070. The van der Waals surface area contributed by atoms with E-state index < -0.39 is 5.54 Å². The highest BCUT2D eigenvalue weighted by Crippen LogP contribution is 2.54. The Labute approximate surface area is 209 Å². The van der Waals surface area contributed by atoms with Crippen LogP contribution in [0.1, 0.15) is 37.8 Å². The molecule has 35 heavy (non-hydrogen) atoms.